The molecular formula is C28H33ClN4O3. The third-order valence-corrected chi connectivity index (χ3v) is 6.51. The Morgan fingerprint density at radius 2 is 1.94 bits per heavy atom. The molecule has 1 saturated heterocycles. The van der Waals surface area contributed by atoms with Crippen molar-refractivity contribution in [2.75, 3.05) is 32.8 Å². The number of hydrogen-bond acceptors (Lipinski definition) is 5. The number of piperazine rings is 1. The second kappa shape index (κ2) is 11.6. The summed E-state index contributed by atoms with van der Waals surface area (Å²) in [6.07, 6.45) is 2.55. The number of amides is 2. The molecule has 4 rings (SSSR count). The van der Waals surface area contributed by atoms with Gasteiger partial charge in [0.15, 0.2) is 5.84 Å². The zero-order valence-electron chi connectivity index (χ0n) is 21.0. The SMILES string of the molecule is CC(C)COc1cccc(C(=O)N2CCN(C(=O)C3=NCCC(c4cccc(Cl)c4)=CN3)C(C)C2)c1. The van der Waals surface area contributed by atoms with Crippen molar-refractivity contribution in [2.45, 2.75) is 33.2 Å². The number of aliphatic imine (C=N–C) groups is 1. The van der Waals surface area contributed by atoms with Crippen molar-refractivity contribution in [3.63, 3.8) is 0 Å². The van der Waals surface area contributed by atoms with Crippen LogP contribution in [0.4, 0.5) is 0 Å². The Labute approximate surface area is 217 Å². The van der Waals surface area contributed by atoms with Gasteiger partial charge in [0.05, 0.1) is 6.61 Å². The minimum absolute atomic E-state index is 0.0528. The average Bonchev–Trinajstić information content (AvgIpc) is 3.13. The van der Waals surface area contributed by atoms with Gasteiger partial charge in [-0.05, 0) is 60.7 Å². The van der Waals surface area contributed by atoms with Gasteiger partial charge in [-0.2, -0.15) is 0 Å². The first-order valence-electron chi connectivity index (χ1n) is 12.4. The lowest BCUT2D eigenvalue weighted by Gasteiger charge is -2.40. The summed E-state index contributed by atoms with van der Waals surface area (Å²) in [7, 11) is 0. The van der Waals surface area contributed by atoms with Crippen molar-refractivity contribution in [1.82, 2.24) is 15.1 Å². The van der Waals surface area contributed by atoms with E-state index in [1.165, 1.54) is 0 Å². The Kier molecular flexibility index (Phi) is 8.31. The van der Waals surface area contributed by atoms with Gasteiger partial charge >= 0.3 is 0 Å². The van der Waals surface area contributed by atoms with Crippen LogP contribution in [-0.2, 0) is 4.79 Å². The number of carbonyl (C=O) groups is 2. The van der Waals surface area contributed by atoms with Crippen LogP contribution in [0.15, 0.2) is 59.7 Å². The molecule has 2 aromatic rings. The van der Waals surface area contributed by atoms with E-state index >= 15 is 0 Å². The minimum Gasteiger partial charge on any atom is -0.493 e. The Balaban J connectivity index is 1.37. The van der Waals surface area contributed by atoms with Crippen molar-refractivity contribution in [2.24, 2.45) is 10.9 Å². The van der Waals surface area contributed by atoms with Crippen LogP contribution in [0.25, 0.3) is 5.57 Å². The number of nitrogens with zero attached hydrogens (tertiary/aromatic N) is 3. The molecule has 0 radical (unpaired) electrons. The first-order valence-corrected chi connectivity index (χ1v) is 12.8. The highest BCUT2D eigenvalue weighted by Gasteiger charge is 2.32. The first kappa shape index (κ1) is 25.8. The molecule has 0 spiro atoms. The molecule has 2 aliphatic rings. The highest BCUT2D eigenvalue weighted by molar-refractivity contribution is 6.38. The number of halogens is 1. The van der Waals surface area contributed by atoms with Gasteiger partial charge in [0.2, 0.25) is 0 Å². The van der Waals surface area contributed by atoms with Crippen LogP contribution in [0.3, 0.4) is 0 Å². The third kappa shape index (κ3) is 6.26. The number of rotatable bonds is 6. The summed E-state index contributed by atoms with van der Waals surface area (Å²) >= 11 is 6.14. The van der Waals surface area contributed by atoms with Gasteiger partial charge in [0.25, 0.3) is 11.8 Å². The molecule has 36 heavy (non-hydrogen) atoms. The molecule has 7 nitrogen and oxygen atoms in total. The van der Waals surface area contributed by atoms with Crippen LogP contribution in [0.1, 0.15) is 43.1 Å². The van der Waals surface area contributed by atoms with E-state index in [1.54, 1.807) is 21.9 Å². The monoisotopic (exact) mass is 508 g/mol. The van der Waals surface area contributed by atoms with Crippen LogP contribution in [0, 0.1) is 5.92 Å². The lowest BCUT2D eigenvalue weighted by Crippen LogP contribution is -2.57. The lowest BCUT2D eigenvalue weighted by molar-refractivity contribution is -0.128. The minimum atomic E-state index is -0.151. The van der Waals surface area contributed by atoms with Crippen LogP contribution < -0.4 is 10.1 Å². The van der Waals surface area contributed by atoms with Crippen LogP contribution >= 0.6 is 11.6 Å². The summed E-state index contributed by atoms with van der Waals surface area (Å²) in [5.74, 6) is 1.22. The van der Waals surface area contributed by atoms with E-state index < -0.39 is 0 Å². The maximum atomic E-state index is 13.3. The zero-order chi connectivity index (χ0) is 25.7. The summed E-state index contributed by atoms with van der Waals surface area (Å²) in [6, 6.07) is 14.8. The van der Waals surface area contributed by atoms with Crippen LogP contribution in [0.2, 0.25) is 5.02 Å². The lowest BCUT2D eigenvalue weighted by atomic mass is 10.0. The van der Waals surface area contributed by atoms with E-state index in [2.05, 4.69) is 24.2 Å². The molecule has 8 heteroatoms. The molecule has 1 unspecified atom stereocenters. The fourth-order valence-corrected chi connectivity index (χ4v) is 4.54. The predicted octanol–water partition coefficient (Wildman–Crippen LogP) is 4.48. The van der Waals surface area contributed by atoms with Crippen molar-refractivity contribution >= 4 is 34.8 Å². The van der Waals surface area contributed by atoms with E-state index in [-0.39, 0.29) is 17.9 Å². The standard InChI is InChI=1S/C28H33ClN4O3/c1-19(2)18-36-25-9-5-7-22(15-25)27(34)32-12-13-33(20(3)17-32)28(35)26-30-11-10-23(16-31-26)21-6-4-8-24(29)14-21/h4-9,14-16,19-20H,10-13,17-18H2,1-3H3,(H,30,31). The van der Waals surface area contributed by atoms with E-state index in [0.717, 1.165) is 11.1 Å². The Hall–Kier alpha value is -3.32. The number of nitrogens with one attached hydrogen (secondary N) is 1. The van der Waals surface area contributed by atoms with E-state index in [1.807, 2.05) is 49.5 Å². The largest absolute Gasteiger partial charge is 0.493 e. The van der Waals surface area contributed by atoms with Crippen molar-refractivity contribution < 1.29 is 14.3 Å². The molecule has 190 valence electrons. The maximum Gasteiger partial charge on any atom is 0.289 e. The molecular weight excluding hydrogens is 476 g/mol. The van der Waals surface area contributed by atoms with Crippen LogP contribution in [0.5, 0.6) is 5.75 Å². The smallest absolute Gasteiger partial charge is 0.289 e. The molecule has 2 aliphatic heterocycles. The second-order valence-corrected chi connectivity index (χ2v) is 10.1. The average molecular weight is 509 g/mol. The van der Waals surface area contributed by atoms with Gasteiger partial charge in [-0.3, -0.25) is 14.6 Å². The Bertz CT molecular complexity index is 1180. The van der Waals surface area contributed by atoms with E-state index in [9.17, 15) is 9.59 Å². The molecule has 2 heterocycles. The summed E-state index contributed by atoms with van der Waals surface area (Å²) < 4.78 is 5.78. The summed E-state index contributed by atoms with van der Waals surface area (Å²) in [5, 5.41) is 3.78. The summed E-state index contributed by atoms with van der Waals surface area (Å²) in [4.78, 5) is 34.6. The topological polar surface area (TPSA) is 74.2 Å². The van der Waals surface area contributed by atoms with Gasteiger partial charge in [-0.1, -0.05) is 43.6 Å². The number of benzene rings is 2. The fourth-order valence-electron chi connectivity index (χ4n) is 4.35. The number of amidine groups is 1. The predicted molar refractivity (Wildman–Crippen MR) is 143 cm³/mol. The highest BCUT2D eigenvalue weighted by atomic mass is 35.5. The molecule has 0 aromatic heterocycles. The summed E-state index contributed by atoms with van der Waals surface area (Å²) in [6.45, 7) is 8.60. The van der Waals surface area contributed by atoms with Gasteiger partial charge in [0.1, 0.15) is 5.75 Å². The van der Waals surface area contributed by atoms with Gasteiger partial charge < -0.3 is 19.9 Å². The highest BCUT2D eigenvalue weighted by Crippen LogP contribution is 2.23. The third-order valence-electron chi connectivity index (χ3n) is 6.27. The maximum absolute atomic E-state index is 13.3. The van der Waals surface area contributed by atoms with E-state index in [0.29, 0.717) is 67.3 Å². The Morgan fingerprint density at radius 3 is 2.69 bits per heavy atom. The fraction of sp³-hybridized carbons (Fsp3) is 0.393. The molecule has 2 aromatic carbocycles. The second-order valence-electron chi connectivity index (χ2n) is 9.64. The van der Waals surface area contributed by atoms with Crippen molar-refractivity contribution in [3.8, 4) is 5.75 Å². The van der Waals surface area contributed by atoms with Crippen molar-refractivity contribution in [1.29, 1.82) is 0 Å². The van der Waals surface area contributed by atoms with Crippen molar-refractivity contribution in [3.05, 3.63) is 70.9 Å². The molecule has 1 atom stereocenters. The quantitative estimate of drug-likeness (QED) is 0.624. The van der Waals surface area contributed by atoms with Gasteiger partial charge in [-0.15, -0.1) is 0 Å². The number of hydrogen-bond donors (Lipinski definition) is 1. The number of ether oxygens (including phenoxy) is 1. The molecule has 0 saturated carbocycles. The summed E-state index contributed by atoms with van der Waals surface area (Å²) in [5.41, 5.74) is 2.65. The molecule has 2 amide bonds. The number of carbonyl (C=O) groups excluding carboxylic acids is 2. The Morgan fingerprint density at radius 1 is 1.14 bits per heavy atom. The molecule has 0 bridgehead atoms. The van der Waals surface area contributed by atoms with Crippen LogP contribution in [-0.4, -0.2) is 66.3 Å². The van der Waals surface area contributed by atoms with Gasteiger partial charge in [0, 0.05) is 49.0 Å². The van der Waals surface area contributed by atoms with Gasteiger partial charge in [-0.25, -0.2) is 0 Å². The zero-order valence-corrected chi connectivity index (χ0v) is 21.8. The first-order chi connectivity index (χ1) is 17.3. The molecule has 1 N–H and O–H groups in total. The molecule has 0 aliphatic carbocycles. The molecule has 1 fully saturated rings. The normalized spacial score (nSPS) is 18.2. The van der Waals surface area contributed by atoms with E-state index in [4.69, 9.17) is 16.3 Å².